The molecule has 0 radical (unpaired) electrons. The zero-order valence-electron chi connectivity index (χ0n) is 16.8. The van der Waals surface area contributed by atoms with Gasteiger partial charge >= 0.3 is 0 Å². The summed E-state index contributed by atoms with van der Waals surface area (Å²) >= 11 is 0. The molecule has 0 bridgehead atoms. The van der Waals surface area contributed by atoms with Gasteiger partial charge in [0.2, 0.25) is 5.69 Å². The highest BCUT2D eigenvalue weighted by molar-refractivity contribution is 5.81. The van der Waals surface area contributed by atoms with Crippen LogP contribution in [-0.4, -0.2) is 23.2 Å². The van der Waals surface area contributed by atoms with E-state index in [0.29, 0.717) is 34.3 Å². The average Bonchev–Trinajstić information content (AvgIpc) is 2.69. The summed E-state index contributed by atoms with van der Waals surface area (Å²) in [6, 6.07) is 6.76. The van der Waals surface area contributed by atoms with E-state index in [2.05, 4.69) is 44.5 Å². The second kappa shape index (κ2) is 10.9. The van der Waals surface area contributed by atoms with Crippen LogP contribution in [0, 0.1) is 13.5 Å². The van der Waals surface area contributed by atoms with E-state index in [1.807, 2.05) is 6.92 Å². The molecule has 0 atom stereocenters. The minimum absolute atomic E-state index is 0.0561. The Bertz CT molecular complexity index is 857. The van der Waals surface area contributed by atoms with E-state index in [9.17, 15) is 5.11 Å². The molecule has 7 nitrogen and oxygen atoms in total. The number of anilines is 2. The lowest BCUT2D eigenvalue weighted by atomic mass is 10.2. The number of benzene rings is 1. The molecule has 28 heavy (non-hydrogen) atoms. The number of nitrogens with one attached hydrogen (secondary N) is 2. The van der Waals surface area contributed by atoms with Gasteiger partial charge in [0.05, 0.1) is 6.57 Å². The van der Waals surface area contributed by atoms with Crippen molar-refractivity contribution in [3.05, 3.63) is 41.2 Å². The molecule has 0 spiro atoms. The van der Waals surface area contributed by atoms with E-state index in [-0.39, 0.29) is 5.75 Å². The van der Waals surface area contributed by atoms with Crippen LogP contribution in [-0.2, 0) is 0 Å². The number of unbranched alkanes of at least 4 members (excludes halogenated alkanes) is 2. The molecule has 2 rings (SSSR count). The summed E-state index contributed by atoms with van der Waals surface area (Å²) in [6.07, 6.45) is 4.13. The summed E-state index contributed by atoms with van der Waals surface area (Å²) < 4.78 is 0. The molecule has 0 saturated heterocycles. The van der Waals surface area contributed by atoms with Crippen LogP contribution in [0.4, 0.5) is 28.7 Å². The summed E-state index contributed by atoms with van der Waals surface area (Å²) in [6.45, 7) is 15.2. The molecular formula is C21H28N6O. The van der Waals surface area contributed by atoms with Gasteiger partial charge < -0.3 is 15.7 Å². The number of rotatable bonds is 10. The predicted octanol–water partition coefficient (Wildman–Crippen LogP) is 6.49. The summed E-state index contributed by atoms with van der Waals surface area (Å²) in [5, 5.41) is 25.0. The first-order chi connectivity index (χ1) is 13.6. The molecule has 0 fully saturated rings. The first-order valence-corrected chi connectivity index (χ1v) is 9.71. The van der Waals surface area contributed by atoms with Gasteiger partial charge in [-0.25, -0.2) is 9.83 Å². The van der Waals surface area contributed by atoms with Gasteiger partial charge in [-0.3, -0.25) is 0 Å². The standard InChI is InChI=1S/C21H28N6O/c1-5-7-13-23-20-18(22-4)15(3)19(21(25-20)24-14-8-6-2)27-26-16-11-9-10-12-17(16)28/h9-12,28H,5-8,13-14H2,1-3H3,(H2,23,24,25). The Morgan fingerprint density at radius 1 is 1.04 bits per heavy atom. The molecule has 0 aliphatic heterocycles. The monoisotopic (exact) mass is 380 g/mol. The van der Waals surface area contributed by atoms with E-state index in [1.54, 1.807) is 24.3 Å². The van der Waals surface area contributed by atoms with Crippen LogP contribution in [0.1, 0.15) is 45.1 Å². The Morgan fingerprint density at radius 3 is 2.29 bits per heavy atom. The van der Waals surface area contributed by atoms with Crippen LogP contribution in [0.15, 0.2) is 34.5 Å². The molecule has 1 aromatic heterocycles. The minimum Gasteiger partial charge on any atom is -0.506 e. The third-order valence-corrected chi connectivity index (χ3v) is 4.28. The lowest BCUT2D eigenvalue weighted by Crippen LogP contribution is -2.08. The van der Waals surface area contributed by atoms with Crippen LogP contribution in [0.3, 0.4) is 0 Å². The van der Waals surface area contributed by atoms with Crippen LogP contribution in [0.25, 0.3) is 4.85 Å². The molecule has 148 valence electrons. The van der Waals surface area contributed by atoms with Gasteiger partial charge in [-0.05, 0) is 37.5 Å². The highest BCUT2D eigenvalue weighted by Gasteiger charge is 2.17. The zero-order valence-corrected chi connectivity index (χ0v) is 16.8. The van der Waals surface area contributed by atoms with Gasteiger partial charge in [-0.2, -0.15) is 0 Å². The summed E-state index contributed by atoms with van der Waals surface area (Å²) in [5.74, 6) is 1.22. The smallest absolute Gasteiger partial charge is 0.233 e. The molecule has 7 heteroatoms. The molecule has 3 N–H and O–H groups in total. The number of pyridine rings is 1. The van der Waals surface area contributed by atoms with Crippen molar-refractivity contribution in [1.82, 2.24) is 4.98 Å². The molecular weight excluding hydrogens is 352 g/mol. The Balaban J connectivity index is 2.45. The number of aromatic hydroxyl groups is 1. The third kappa shape index (κ3) is 5.43. The molecule has 0 aliphatic rings. The Kier molecular flexibility index (Phi) is 8.22. The van der Waals surface area contributed by atoms with Crippen molar-refractivity contribution in [1.29, 1.82) is 0 Å². The van der Waals surface area contributed by atoms with Crippen molar-refractivity contribution in [3.63, 3.8) is 0 Å². The van der Waals surface area contributed by atoms with Crippen molar-refractivity contribution < 1.29 is 5.11 Å². The van der Waals surface area contributed by atoms with Gasteiger partial charge in [0.1, 0.15) is 22.9 Å². The number of para-hydroxylation sites is 1. The summed E-state index contributed by atoms with van der Waals surface area (Å²) in [5.41, 5.74) is 2.05. The molecule has 2 aromatic rings. The maximum atomic E-state index is 9.92. The second-order valence-electron chi connectivity index (χ2n) is 6.49. The van der Waals surface area contributed by atoms with Gasteiger partial charge in [0.25, 0.3) is 0 Å². The van der Waals surface area contributed by atoms with Crippen LogP contribution < -0.4 is 10.6 Å². The van der Waals surface area contributed by atoms with Crippen molar-refractivity contribution >= 4 is 28.7 Å². The van der Waals surface area contributed by atoms with Crippen LogP contribution >= 0.6 is 0 Å². The topological polar surface area (TPSA) is 86.3 Å². The lowest BCUT2D eigenvalue weighted by molar-refractivity contribution is 0.476. The third-order valence-electron chi connectivity index (χ3n) is 4.28. The summed E-state index contributed by atoms with van der Waals surface area (Å²) in [4.78, 5) is 8.30. The Hall–Kier alpha value is -3.14. The SMILES string of the molecule is [C-]#[N+]c1c(NCCCC)nc(NCCCC)c(N=Nc2ccccc2O)c1C. The average molecular weight is 380 g/mol. The fourth-order valence-corrected chi connectivity index (χ4v) is 2.61. The normalized spacial score (nSPS) is 10.8. The number of aromatic nitrogens is 1. The Morgan fingerprint density at radius 2 is 1.68 bits per heavy atom. The van der Waals surface area contributed by atoms with Crippen molar-refractivity contribution in [2.24, 2.45) is 10.2 Å². The second-order valence-corrected chi connectivity index (χ2v) is 6.49. The number of hydrogen-bond acceptors (Lipinski definition) is 6. The van der Waals surface area contributed by atoms with E-state index in [4.69, 9.17) is 6.57 Å². The van der Waals surface area contributed by atoms with Gasteiger partial charge in [-0.15, -0.1) is 10.2 Å². The number of phenols is 1. The molecule has 0 saturated carbocycles. The molecule has 0 unspecified atom stereocenters. The van der Waals surface area contributed by atoms with E-state index < -0.39 is 0 Å². The van der Waals surface area contributed by atoms with Crippen molar-refractivity contribution in [2.75, 3.05) is 23.7 Å². The van der Waals surface area contributed by atoms with Gasteiger partial charge in [-0.1, -0.05) is 38.8 Å². The maximum absolute atomic E-state index is 9.92. The van der Waals surface area contributed by atoms with Crippen molar-refractivity contribution in [2.45, 2.75) is 46.5 Å². The van der Waals surface area contributed by atoms with Crippen molar-refractivity contribution in [3.8, 4) is 5.75 Å². The van der Waals surface area contributed by atoms with Crippen LogP contribution in [0.2, 0.25) is 0 Å². The lowest BCUT2D eigenvalue weighted by Gasteiger charge is -2.15. The first kappa shape index (κ1) is 21.2. The minimum atomic E-state index is 0.0561. The van der Waals surface area contributed by atoms with Crippen LogP contribution in [0.5, 0.6) is 5.75 Å². The number of azo groups is 1. The quantitative estimate of drug-likeness (QED) is 0.250. The fraction of sp³-hybridized carbons (Fsp3) is 0.429. The number of hydrogen-bond donors (Lipinski definition) is 3. The Labute approximate surface area is 166 Å². The number of phenolic OH excluding ortho intramolecular Hbond substituents is 1. The number of nitrogens with zero attached hydrogens (tertiary/aromatic N) is 4. The van der Waals surface area contributed by atoms with Gasteiger partial charge in [0.15, 0.2) is 5.82 Å². The fourth-order valence-electron chi connectivity index (χ4n) is 2.61. The molecule has 0 amide bonds. The zero-order chi connectivity index (χ0) is 20.4. The van der Waals surface area contributed by atoms with E-state index >= 15 is 0 Å². The maximum Gasteiger partial charge on any atom is 0.233 e. The van der Waals surface area contributed by atoms with Gasteiger partial charge in [0, 0.05) is 13.1 Å². The predicted molar refractivity (Wildman–Crippen MR) is 114 cm³/mol. The molecule has 1 heterocycles. The molecule has 1 aromatic carbocycles. The largest absolute Gasteiger partial charge is 0.506 e. The van der Waals surface area contributed by atoms with E-state index in [0.717, 1.165) is 38.8 Å². The highest BCUT2D eigenvalue weighted by Crippen LogP contribution is 2.40. The van der Waals surface area contributed by atoms with E-state index in [1.165, 1.54) is 0 Å². The molecule has 0 aliphatic carbocycles. The first-order valence-electron chi connectivity index (χ1n) is 9.71. The highest BCUT2D eigenvalue weighted by atomic mass is 16.3. The summed E-state index contributed by atoms with van der Waals surface area (Å²) in [7, 11) is 0.